The zero-order chi connectivity index (χ0) is 24.8. The molecule has 0 aliphatic heterocycles. The van der Waals surface area contributed by atoms with Crippen LogP contribution in [0.2, 0.25) is 15.1 Å². The van der Waals surface area contributed by atoms with Crippen LogP contribution in [0, 0.1) is 0 Å². The summed E-state index contributed by atoms with van der Waals surface area (Å²) in [6.07, 6.45) is -4.99. The summed E-state index contributed by atoms with van der Waals surface area (Å²) in [6.45, 7) is 0. The van der Waals surface area contributed by atoms with E-state index in [1.807, 2.05) is 0 Å². The van der Waals surface area contributed by atoms with Gasteiger partial charge in [0.15, 0.2) is 5.75 Å². The molecule has 0 aliphatic rings. The lowest BCUT2D eigenvalue weighted by atomic mass is 10.0. The number of ether oxygens (including phenoxy) is 2. The molecule has 14 heteroatoms. The summed E-state index contributed by atoms with van der Waals surface area (Å²) < 4.78 is 72.4. The second-order valence-electron chi connectivity index (χ2n) is 6.71. The van der Waals surface area contributed by atoms with Crippen LogP contribution in [0.15, 0.2) is 53.4 Å². The molecular weight excluding hydrogens is 560 g/mol. The predicted octanol–water partition coefficient (Wildman–Crippen LogP) is 7.26. The topological polar surface area (TPSA) is 91.5 Å². The van der Waals surface area contributed by atoms with Gasteiger partial charge in [0.25, 0.3) is 5.19 Å². The molecule has 3 aromatic carbocycles. The van der Waals surface area contributed by atoms with E-state index in [-0.39, 0.29) is 32.1 Å². The van der Waals surface area contributed by atoms with E-state index in [1.54, 1.807) is 18.2 Å². The number of primary sulfonamides is 1. The number of benzene rings is 3. The van der Waals surface area contributed by atoms with E-state index in [1.165, 1.54) is 23.5 Å². The molecule has 0 spiro atoms. The number of aromatic nitrogens is 1. The van der Waals surface area contributed by atoms with Gasteiger partial charge in [-0.3, -0.25) is 0 Å². The van der Waals surface area contributed by atoms with E-state index in [9.17, 15) is 21.6 Å². The first kappa shape index (κ1) is 24.8. The van der Waals surface area contributed by atoms with Gasteiger partial charge in [0.2, 0.25) is 10.0 Å². The third-order valence-electron chi connectivity index (χ3n) is 4.32. The molecule has 0 fully saturated rings. The lowest BCUT2D eigenvalue weighted by Gasteiger charge is -2.15. The number of thiazole rings is 1. The SMILES string of the molecule is NS(=O)(=O)c1ccc(OC(F)(F)F)cc1-c1cc(Cl)c(Oc2nc3ccc(Cl)cc3s2)c(Cl)c1. The highest BCUT2D eigenvalue weighted by molar-refractivity contribution is 7.89. The van der Waals surface area contributed by atoms with Crippen molar-refractivity contribution >= 4 is 66.4 Å². The molecule has 2 N–H and O–H groups in total. The van der Waals surface area contributed by atoms with Gasteiger partial charge in [0.1, 0.15) is 5.75 Å². The second kappa shape index (κ2) is 9.06. The fourth-order valence-corrected chi connectivity index (χ4v) is 5.40. The van der Waals surface area contributed by atoms with Crippen LogP contribution in [0.3, 0.4) is 0 Å². The molecule has 0 saturated carbocycles. The summed E-state index contributed by atoms with van der Waals surface area (Å²) in [4.78, 5) is 3.85. The van der Waals surface area contributed by atoms with E-state index in [0.29, 0.717) is 10.5 Å². The third kappa shape index (κ3) is 5.51. The minimum atomic E-state index is -4.99. The van der Waals surface area contributed by atoms with E-state index >= 15 is 0 Å². The molecule has 0 amide bonds. The van der Waals surface area contributed by atoms with Gasteiger partial charge >= 0.3 is 6.36 Å². The highest BCUT2D eigenvalue weighted by atomic mass is 35.5. The van der Waals surface area contributed by atoms with Crippen LogP contribution in [-0.2, 0) is 10.0 Å². The molecule has 1 aromatic heterocycles. The normalized spacial score (nSPS) is 12.2. The monoisotopic (exact) mass is 568 g/mol. The summed E-state index contributed by atoms with van der Waals surface area (Å²) in [5.74, 6) is -0.646. The first-order valence-corrected chi connectivity index (χ1v) is 12.5. The van der Waals surface area contributed by atoms with Gasteiger partial charge in [-0.2, -0.15) is 0 Å². The molecule has 4 aromatic rings. The number of fused-ring (bicyclic) bond motifs is 1. The molecule has 0 unspecified atom stereocenters. The van der Waals surface area contributed by atoms with Crippen molar-refractivity contribution in [2.75, 3.05) is 0 Å². The molecule has 178 valence electrons. The first-order valence-electron chi connectivity index (χ1n) is 8.96. The Morgan fingerprint density at radius 1 is 0.971 bits per heavy atom. The molecule has 6 nitrogen and oxygen atoms in total. The fourth-order valence-electron chi connectivity index (χ4n) is 3.00. The summed E-state index contributed by atoms with van der Waals surface area (Å²) in [5, 5.41) is 5.85. The van der Waals surface area contributed by atoms with E-state index in [0.717, 1.165) is 22.9 Å². The predicted molar refractivity (Wildman–Crippen MR) is 125 cm³/mol. The summed E-state index contributed by atoms with van der Waals surface area (Å²) in [5.41, 5.74) is 0.497. The lowest BCUT2D eigenvalue weighted by Crippen LogP contribution is -2.18. The number of hydrogen-bond acceptors (Lipinski definition) is 6. The molecule has 1 heterocycles. The Kier molecular flexibility index (Phi) is 6.62. The highest BCUT2D eigenvalue weighted by Crippen LogP contribution is 2.43. The van der Waals surface area contributed by atoms with Crippen molar-refractivity contribution in [3.63, 3.8) is 0 Å². The average Bonchev–Trinajstić information content (AvgIpc) is 3.10. The van der Waals surface area contributed by atoms with Gasteiger partial charge in [-0.25, -0.2) is 18.5 Å². The van der Waals surface area contributed by atoms with Crippen LogP contribution in [0.5, 0.6) is 16.7 Å². The van der Waals surface area contributed by atoms with Crippen molar-refractivity contribution in [2.45, 2.75) is 11.3 Å². The summed E-state index contributed by atoms with van der Waals surface area (Å²) >= 11 is 19.8. The van der Waals surface area contributed by atoms with Gasteiger partial charge in [-0.05, 0) is 54.1 Å². The number of alkyl halides is 3. The van der Waals surface area contributed by atoms with Crippen molar-refractivity contribution in [3.8, 4) is 27.8 Å². The molecule has 4 rings (SSSR count). The van der Waals surface area contributed by atoms with E-state index in [4.69, 9.17) is 44.7 Å². The standard InChI is InChI=1S/C20H10Cl3F3N2O4S2/c21-10-1-3-15-16(7-10)33-19(28-15)31-18-13(22)5-9(6-14(18)23)12-8-11(32-20(24,25)26)2-4-17(12)34(27,29)30/h1-8H,(H2,27,29,30). The van der Waals surface area contributed by atoms with Crippen LogP contribution < -0.4 is 14.6 Å². The molecule has 0 saturated heterocycles. The van der Waals surface area contributed by atoms with Crippen LogP contribution in [0.25, 0.3) is 21.3 Å². The Bertz CT molecular complexity index is 1500. The van der Waals surface area contributed by atoms with E-state index in [2.05, 4.69) is 9.72 Å². The smallest absolute Gasteiger partial charge is 0.428 e. The molecule has 0 aliphatic carbocycles. The minimum Gasteiger partial charge on any atom is -0.428 e. The number of nitrogens with two attached hydrogens (primary N) is 1. The average molecular weight is 570 g/mol. The Labute approximate surface area is 209 Å². The largest absolute Gasteiger partial charge is 0.573 e. The van der Waals surface area contributed by atoms with Crippen LogP contribution in [0.1, 0.15) is 0 Å². The molecule has 34 heavy (non-hydrogen) atoms. The van der Waals surface area contributed by atoms with Crippen molar-refractivity contribution in [1.29, 1.82) is 0 Å². The Morgan fingerprint density at radius 2 is 1.65 bits per heavy atom. The zero-order valence-electron chi connectivity index (χ0n) is 16.4. The summed E-state index contributed by atoms with van der Waals surface area (Å²) in [7, 11) is -4.32. The maximum Gasteiger partial charge on any atom is 0.573 e. The van der Waals surface area contributed by atoms with Crippen LogP contribution in [0.4, 0.5) is 13.2 Å². The van der Waals surface area contributed by atoms with Gasteiger partial charge in [0.05, 0.1) is 25.2 Å². The Balaban J connectivity index is 1.76. The fraction of sp³-hybridized carbons (Fsp3) is 0.0500. The quantitative estimate of drug-likeness (QED) is 0.273. The van der Waals surface area contributed by atoms with Crippen molar-refractivity contribution in [1.82, 2.24) is 4.98 Å². The molecular formula is C20H10Cl3F3N2O4S2. The zero-order valence-corrected chi connectivity index (χ0v) is 20.3. The number of sulfonamides is 1. The number of rotatable bonds is 5. The summed E-state index contributed by atoms with van der Waals surface area (Å²) in [6, 6.07) is 10.2. The van der Waals surface area contributed by atoms with Crippen molar-refractivity contribution in [3.05, 3.63) is 63.6 Å². The third-order valence-corrected chi connectivity index (χ3v) is 6.98. The van der Waals surface area contributed by atoms with Crippen molar-refractivity contribution in [2.24, 2.45) is 5.14 Å². The lowest BCUT2D eigenvalue weighted by molar-refractivity contribution is -0.274. The molecule has 0 radical (unpaired) electrons. The van der Waals surface area contributed by atoms with Gasteiger partial charge in [-0.1, -0.05) is 46.1 Å². The van der Waals surface area contributed by atoms with Crippen LogP contribution in [-0.4, -0.2) is 19.8 Å². The molecule has 0 atom stereocenters. The first-order chi connectivity index (χ1) is 15.8. The van der Waals surface area contributed by atoms with Crippen molar-refractivity contribution < 1.29 is 31.1 Å². The molecule has 0 bridgehead atoms. The van der Waals surface area contributed by atoms with Gasteiger partial charge < -0.3 is 9.47 Å². The van der Waals surface area contributed by atoms with Crippen LogP contribution >= 0.6 is 46.1 Å². The Hall–Kier alpha value is -2.28. The second-order valence-corrected chi connectivity index (χ2v) is 10.5. The van der Waals surface area contributed by atoms with Gasteiger partial charge in [-0.15, -0.1) is 13.2 Å². The number of nitrogens with zero attached hydrogens (tertiary/aromatic N) is 1. The van der Waals surface area contributed by atoms with Gasteiger partial charge in [0, 0.05) is 10.6 Å². The number of halogens is 6. The maximum absolute atomic E-state index is 12.7. The highest BCUT2D eigenvalue weighted by Gasteiger charge is 2.32. The maximum atomic E-state index is 12.7. The number of hydrogen-bond donors (Lipinski definition) is 1. The van der Waals surface area contributed by atoms with E-state index < -0.39 is 27.0 Å². The Morgan fingerprint density at radius 3 is 2.26 bits per heavy atom. The minimum absolute atomic E-state index is 0.0112.